The molecule has 1 amide bonds. The highest BCUT2D eigenvalue weighted by molar-refractivity contribution is 7.71. The van der Waals surface area contributed by atoms with Crippen LogP contribution in [0.2, 0.25) is 0 Å². The van der Waals surface area contributed by atoms with E-state index in [1.165, 1.54) is 88.5 Å². The van der Waals surface area contributed by atoms with Crippen molar-refractivity contribution in [1.82, 2.24) is 14.9 Å². The third-order valence-corrected chi connectivity index (χ3v) is 8.83. The molecule has 2 rings (SSSR count). The van der Waals surface area contributed by atoms with Crippen molar-refractivity contribution in [2.24, 2.45) is 0 Å². The summed E-state index contributed by atoms with van der Waals surface area (Å²) in [5.74, 6) is -0.349. The second-order valence-corrected chi connectivity index (χ2v) is 13.5. The molecule has 0 bridgehead atoms. The number of rotatable bonds is 23. The van der Waals surface area contributed by atoms with Gasteiger partial charge in [-0.1, -0.05) is 77.6 Å². The van der Waals surface area contributed by atoms with E-state index in [0.29, 0.717) is 6.61 Å². The summed E-state index contributed by atoms with van der Waals surface area (Å²) in [6, 6.07) is 0.490. The van der Waals surface area contributed by atoms with E-state index in [0.717, 1.165) is 19.3 Å². The van der Waals surface area contributed by atoms with Crippen LogP contribution in [0.4, 0.5) is 0 Å². The molecule has 6 atom stereocenters. The number of carbonyl (C=O) groups excluding carboxylic acids is 1. The topological polar surface area (TPSA) is 182 Å². The zero-order chi connectivity index (χ0) is 32.6. The molecule has 13 nitrogen and oxygen atoms in total. The highest BCUT2D eigenvalue weighted by Crippen LogP contribution is 2.45. The maximum atomic E-state index is 12.6. The Hall–Kier alpha value is -1.48. The minimum absolute atomic E-state index is 0.0438. The van der Waals surface area contributed by atoms with E-state index in [1.807, 2.05) is 0 Å². The van der Waals surface area contributed by atoms with Crippen molar-refractivity contribution in [3.8, 4) is 0 Å². The third-order valence-electron chi connectivity index (χ3n) is 7.57. The highest BCUT2D eigenvalue weighted by atomic mass is 32.1. The molecule has 254 valence electrons. The molecule has 15 heteroatoms. The third kappa shape index (κ3) is 13.9. The fraction of sp³-hybridized carbons (Fsp3) is 0.828. The Morgan fingerprint density at radius 3 is 2.27 bits per heavy atom. The molecule has 0 aromatic carbocycles. The smallest absolute Gasteiger partial charge is 0.387 e. The number of aromatic amines is 1. The van der Waals surface area contributed by atoms with Crippen LogP contribution in [0.15, 0.2) is 17.1 Å². The van der Waals surface area contributed by atoms with Gasteiger partial charge >= 0.3 is 7.82 Å². The summed E-state index contributed by atoms with van der Waals surface area (Å²) in [4.78, 5) is 35.7. The number of ether oxygens (including phenoxy) is 2. The fourth-order valence-electron chi connectivity index (χ4n) is 5.07. The van der Waals surface area contributed by atoms with Crippen LogP contribution in [0, 0.1) is 4.77 Å². The first-order valence-corrected chi connectivity index (χ1v) is 17.6. The van der Waals surface area contributed by atoms with E-state index in [-0.39, 0.29) is 23.9 Å². The van der Waals surface area contributed by atoms with E-state index >= 15 is 0 Å². The Morgan fingerprint density at radius 2 is 1.70 bits per heavy atom. The Bertz CT molecular complexity index is 1150. The first-order chi connectivity index (χ1) is 20.9. The molecule has 44 heavy (non-hydrogen) atoms. The number of phosphoric acid groups is 1. The number of H-pyrrole nitrogens is 1. The van der Waals surface area contributed by atoms with Crippen LogP contribution in [-0.4, -0.2) is 80.8 Å². The second kappa shape index (κ2) is 19.9. The van der Waals surface area contributed by atoms with Crippen LogP contribution in [-0.2, 0) is 27.9 Å². The number of phosphoric ester groups is 1. The second-order valence-electron chi connectivity index (χ2n) is 11.6. The number of hydrogen-bond acceptors (Lipinski definition) is 10. The molecule has 1 aromatic heterocycles. The molecule has 0 radical (unpaired) electrons. The molecule has 1 aliphatic heterocycles. The zero-order valence-corrected chi connectivity index (χ0v) is 28.0. The van der Waals surface area contributed by atoms with E-state index in [1.54, 1.807) is 0 Å². The van der Waals surface area contributed by atoms with Crippen LogP contribution in [0.3, 0.4) is 0 Å². The summed E-state index contributed by atoms with van der Waals surface area (Å²) in [6.45, 7) is 4.49. The van der Waals surface area contributed by atoms with Crippen LogP contribution in [0.25, 0.3) is 0 Å². The molecule has 1 aliphatic rings. The average Bonchev–Trinajstić information content (AvgIpc) is 3.18. The monoisotopic (exact) mass is 665 g/mol. The van der Waals surface area contributed by atoms with Gasteiger partial charge in [0.25, 0.3) is 5.56 Å². The van der Waals surface area contributed by atoms with Crippen molar-refractivity contribution in [2.75, 3.05) is 26.4 Å². The molecule has 1 saturated heterocycles. The van der Waals surface area contributed by atoms with Crippen LogP contribution in [0.5, 0.6) is 0 Å². The predicted molar refractivity (Wildman–Crippen MR) is 168 cm³/mol. The summed E-state index contributed by atoms with van der Waals surface area (Å²) in [5.41, 5.74) is -2.32. The van der Waals surface area contributed by atoms with Gasteiger partial charge in [-0.2, -0.15) is 0 Å². The Labute approximate surface area is 265 Å². The number of aromatic nitrogens is 2. The Balaban J connectivity index is 1.69. The normalized spacial score (nSPS) is 23.8. The van der Waals surface area contributed by atoms with Gasteiger partial charge in [-0.05, 0) is 25.6 Å². The van der Waals surface area contributed by atoms with Gasteiger partial charge in [0.2, 0.25) is 5.91 Å². The SMILES string of the molecule is CCCCCCCCCCCCCCOC[C@H](COP(=O)(O)OC[C@H]1O[C@@H](n2ccc(=O)[nH]c2=S)C(C)(O)[C@H]1O)NC(C)=O. The zero-order valence-electron chi connectivity index (χ0n) is 26.3. The highest BCUT2D eigenvalue weighted by Gasteiger charge is 2.53. The van der Waals surface area contributed by atoms with Crippen molar-refractivity contribution < 1.29 is 43.0 Å². The van der Waals surface area contributed by atoms with Gasteiger partial charge in [0.05, 0.1) is 25.9 Å². The predicted octanol–water partition coefficient (Wildman–Crippen LogP) is 4.27. The van der Waals surface area contributed by atoms with Crippen LogP contribution in [0.1, 0.15) is 104 Å². The molecule has 0 aliphatic carbocycles. The van der Waals surface area contributed by atoms with Gasteiger partial charge in [0, 0.05) is 25.8 Å². The molecule has 1 fully saturated rings. The van der Waals surface area contributed by atoms with Crippen LogP contribution >= 0.6 is 20.0 Å². The molecule has 1 aromatic rings. The maximum Gasteiger partial charge on any atom is 0.472 e. The lowest BCUT2D eigenvalue weighted by Gasteiger charge is -2.28. The summed E-state index contributed by atoms with van der Waals surface area (Å²) >= 11 is 5.11. The molecule has 0 spiro atoms. The van der Waals surface area contributed by atoms with Gasteiger partial charge in [0.1, 0.15) is 17.8 Å². The van der Waals surface area contributed by atoms with E-state index < -0.39 is 50.1 Å². The van der Waals surface area contributed by atoms with Crippen molar-refractivity contribution >= 4 is 25.9 Å². The van der Waals surface area contributed by atoms with E-state index in [2.05, 4.69) is 17.2 Å². The van der Waals surface area contributed by atoms with Gasteiger partial charge in [0.15, 0.2) is 11.0 Å². The van der Waals surface area contributed by atoms with Crippen molar-refractivity contribution in [2.45, 2.75) is 128 Å². The number of carbonyl (C=O) groups is 1. The lowest BCUT2D eigenvalue weighted by molar-refractivity contribution is -0.120. The van der Waals surface area contributed by atoms with Crippen molar-refractivity contribution in [3.05, 3.63) is 27.4 Å². The molecular weight excluding hydrogens is 613 g/mol. The minimum Gasteiger partial charge on any atom is -0.387 e. The number of aliphatic hydroxyl groups excluding tert-OH is 1. The average molecular weight is 666 g/mol. The molecule has 5 N–H and O–H groups in total. The lowest BCUT2D eigenvalue weighted by atomic mass is 9.96. The van der Waals surface area contributed by atoms with Gasteiger partial charge in [-0.15, -0.1) is 0 Å². The number of aliphatic hydroxyl groups is 2. The first kappa shape index (κ1) is 38.7. The largest absolute Gasteiger partial charge is 0.472 e. The van der Waals surface area contributed by atoms with Gasteiger partial charge in [-0.3, -0.25) is 28.2 Å². The quantitative estimate of drug-likeness (QED) is 0.0640. The Morgan fingerprint density at radius 1 is 1.11 bits per heavy atom. The maximum absolute atomic E-state index is 12.6. The number of unbranched alkanes of at least 4 members (excludes halogenated alkanes) is 11. The summed E-state index contributed by atoms with van der Waals surface area (Å²) in [5, 5.41) is 24.1. The van der Waals surface area contributed by atoms with E-state index in [9.17, 15) is 29.3 Å². The minimum atomic E-state index is -4.65. The first-order valence-electron chi connectivity index (χ1n) is 15.7. The standard InChI is InChI=1S/C29H52N3O10PS/c1-4-5-6-7-8-9-10-11-12-13-14-15-18-39-19-23(30-22(2)33)20-40-43(37,38)41-21-24-26(35)29(3,36)27(42-24)32-17-16-25(34)31-28(32)44/h16-17,23-24,26-27,35-36H,4-15,18-21H2,1-3H3,(H,30,33)(H,37,38)(H,31,34,44)/t23-,24-,26+,27-,29?/m1/s1. The molecule has 2 unspecified atom stereocenters. The molecular formula is C29H52N3O10PS. The Kier molecular flexibility index (Phi) is 17.5. The summed E-state index contributed by atoms with van der Waals surface area (Å²) < 4.78 is 35.3. The van der Waals surface area contributed by atoms with Crippen molar-refractivity contribution in [1.29, 1.82) is 0 Å². The molecule has 2 heterocycles. The van der Waals surface area contributed by atoms with E-state index in [4.69, 9.17) is 30.7 Å². The molecule has 0 saturated carbocycles. The lowest BCUT2D eigenvalue weighted by Crippen LogP contribution is -2.44. The van der Waals surface area contributed by atoms with Gasteiger partial charge in [-0.25, -0.2) is 4.57 Å². The number of hydrogen-bond donors (Lipinski definition) is 5. The van der Waals surface area contributed by atoms with Gasteiger partial charge < -0.3 is 29.9 Å². The number of nitrogens with one attached hydrogen (secondary N) is 2. The van der Waals surface area contributed by atoms with Crippen LogP contribution < -0.4 is 10.9 Å². The summed E-state index contributed by atoms with van der Waals surface area (Å²) in [6.07, 6.45) is 12.2. The fourth-order valence-corrected chi connectivity index (χ4v) is 6.10. The number of nitrogens with zero attached hydrogens (tertiary/aromatic N) is 1. The van der Waals surface area contributed by atoms with Crippen molar-refractivity contribution in [3.63, 3.8) is 0 Å². The summed E-state index contributed by atoms with van der Waals surface area (Å²) in [7, 11) is -4.65. The number of amides is 1.